The molecule has 0 bridgehead atoms. The van der Waals surface area contributed by atoms with Gasteiger partial charge in [-0.1, -0.05) is 13.8 Å². The zero-order valence-electron chi connectivity index (χ0n) is 12.3. The minimum absolute atomic E-state index is 0.00636. The minimum atomic E-state index is -0.530. The monoisotopic (exact) mass is 290 g/mol. The number of hydrogen-bond acceptors (Lipinski definition) is 4. The van der Waals surface area contributed by atoms with Gasteiger partial charge >= 0.3 is 0 Å². The van der Waals surface area contributed by atoms with Crippen molar-refractivity contribution in [2.75, 3.05) is 11.7 Å². The van der Waals surface area contributed by atoms with Crippen LogP contribution in [0.4, 0.5) is 5.69 Å². The quantitative estimate of drug-likeness (QED) is 0.891. The standard InChI is InChI=1S/C15H18N2O4/c1-8(2)13-14(18)16-9(3)15(19)17(13)10-4-5-11-12(6-10)21-7-20-11/h4-6,8-9,13H,7H2,1-3H3,(H,16,18). The predicted molar refractivity (Wildman–Crippen MR) is 76.3 cm³/mol. The molecule has 1 N–H and O–H groups in total. The summed E-state index contributed by atoms with van der Waals surface area (Å²) < 4.78 is 10.6. The molecule has 2 aliphatic heterocycles. The summed E-state index contributed by atoms with van der Waals surface area (Å²) in [5.74, 6) is 1.01. The Balaban J connectivity index is 2.03. The van der Waals surface area contributed by atoms with Crippen molar-refractivity contribution in [2.45, 2.75) is 32.9 Å². The van der Waals surface area contributed by atoms with Crippen molar-refractivity contribution in [1.82, 2.24) is 5.32 Å². The second-order valence-corrected chi connectivity index (χ2v) is 5.66. The summed E-state index contributed by atoms with van der Waals surface area (Å²) in [5, 5.41) is 2.73. The summed E-state index contributed by atoms with van der Waals surface area (Å²) in [6.45, 7) is 5.72. The van der Waals surface area contributed by atoms with Crippen molar-refractivity contribution in [3.63, 3.8) is 0 Å². The first kappa shape index (κ1) is 13.7. The van der Waals surface area contributed by atoms with Crippen LogP contribution in [0.2, 0.25) is 0 Å². The molecule has 0 aromatic heterocycles. The third-order valence-corrected chi connectivity index (χ3v) is 3.78. The fourth-order valence-corrected chi connectivity index (χ4v) is 2.75. The highest BCUT2D eigenvalue weighted by molar-refractivity contribution is 6.08. The molecule has 0 saturated carbocycles. The second kappa shape index (κ2) is 4.95. The summed E-state index contributed by atoms with van der Waals surface area (Å²) in [7, 11) is 0. The third-order valence-electron chi connectivity index (χ3n) is 3.78. The summed E-state index contributed by atoms with van der Waals surface area (Å²) in [6, 6.07) is 4.25. The number of carbonyl (C=O) groups is 2. The Hall–Kier alpha value is -2.24. The van der Waals surface area contributed by atoms with E-state index in [-0.39, 0.29) is 24.5 Å². The first-order chi connectivity index (χ1) is 9.99. The van der Waals surface area contributed by atoms with Gasteiger partial charge in [0.15, 0.2) is 11.5 Å². The van der Waals surface area contributed by atoms with E-state index in [9.17, 15) is 9.59 Å². The zero-order valence-corrected chi connectivity index (χ0v) is 12.3. The van der Waals surface area contributed by atoms with E-state index in [1.807, 2.05) is 13.8 Å². The highest BCUT2D eigenvalue weighted by Gasteiger charge is 2.41. The molecule has 6 heteroatoms. The molecule has 2 heterocycles. The smallest absolute Gasteiger partial charge is 0.250 e. The molecule has 6 nitrogen and oxygen atoms in total. The van der Waals surface area contributed by atoms with Gasteiger partial charge < -0.3 is 14.8 Å². The van der Waals surface area contributed by atoms with Crippen LogP contribution in [0.1, 0.15) is 20.8 Å². The van der Waals surface area contributed by atoms with Gasteiger partial charge in [0.05, 0.1) is 0 Å². The number of ether oxygens (including phenoxy) is 2. The molecule has 0 aliphatic carbocycles. The Bertz CT molecular complexity index is 599. The largest absolute Gasteiger partial charge is 0.454 e. The van der Waals surface area contributed by atoms with E-state index in [2.05, 4.69) is 5.32 Å². The van der Waals surface area contributed by atoms with E-state index < -0.39 is 12.1 Å². The number of amides is 2. The minimum Gasteiger partial charge on any atom is -0.454 e. The van der Waals surface area contributed by atoms with Gasteiger partial charge in [-0.3, -0.25) is 14.5 Å². The zero-order chi connectivity index (χ0) is 15.1. The number of fused-ring (bicyclic) bond motifs is 1. The van der Waals surface area contributed by atoms with E-state index in [0.29, 0.717) is 17.2 Å². The average molecular weight is 290 g/mol. The molecule has 21 heavy (non-hydrogen) atoms. The lowest BCUT2D eigenvalue weighted by Crippen LogP contribution is -2.64. The van der Waals surface area contributed by atoms with E-state index in [1.165, 1.54) is 0 Å². The second-order valence-electron chi connectivity index (χ2n) is 5.66. The number of hydrogen-bond donors (Lipinski definition) is 1. The lowest BCUT2D eigenvalue weighted by molar-refractivity contribution is -0.134. The first-order valence-corrected chi connectivity index (χ1v) is 7.02. The maximum atomic E-state index is 12.5. The van der Waals surface area contributed by atoms with E-state index >= 15 is 0 Å². The van der Waals surface area contributed by atoms with E-state index in [4.69, 9.17) is 9.47 Å². The van der Waals surface area contributed by atoms with Crippen LogP contribution in [-0.2, 0) is 9.59 Å². The number of benzene rings is 1. The molecule has 0 radical (unpaired) electrons. The topological polar surface area (TPSA) is 67.9 Å². The van der Waals surface area contributed by atoms with Crippen molar-refractivity contribution in [3.8, 4) is 11.5 Å². The van der Waals surface area contributed by atoms with Gasteiger partial charge in [0.25, 0.3) is 0 Å². The molecule has 1 aromatic rings. The molecule has 2 atom stereocenters. The Labute approximate surface area is 123 Å². The van der Waals surface area contributed by atoms with Crippen molar-refractivity contribution in [2.24, 2.45) is 5.92 Å². The van der Waals surface area contributed by atoms with Crippen molar-refractivity contribution in [1.29, 1.82) is 0 Å². The van der Waals surface area contributed by atoms with Crippen LogP contribution in [0.15, 0.2) is 18.2 Å². The Kier molecular flexibility index (Phi) is 3.23. The third kappa shape index (κ3) is 2.20. The summed E-state index contributed by atoms with van der Waals surface area (Å²) in [5.41, 5.74) is 0.657. The maximum Gasteiger partial charge on any atom is 0.250 e. The Morgan fingerprint density at radius 3 is 2.67 bits per heavy atom. The van der Waals surface area contributed by atoms with Crippen LogP contribution in [0.5, 0.6) is 11.5 Å². The molecule has 0 spiro atoms. The van der Waals surface area contributed by atoms with Crippen LogP contribution in [-0.4, -0.2) is 30.7 Å². The van der Waals surface area contributed by atoms with Crippen LogP contribution in [0.3, 0.4) is 0 Å². The van der Waals surface area contributed by atoms with Crippen molar-refractivity contribution < 1.29 is 19.1 Å². The predicted octanol–water partition coefficient (Wildman–Crippen LogP) is 1.29. The molecular weight excluding hydrogens is 272 g/mol. The fraction of sp³-hybridized carbons (Fsp3) is 0.467. The van der Waals surface area contributed by atoms with Gasteiger partial charge in [-0.2, -0.15) is 0 Å². The van der Waals surface area contributed by atoms with E-state index in [1.54, 1.807) is 30.0 Å². The van der Waals surface area contributed by atoms with Gasteiger partial charge in [0, 0.05) is 11.8 Å². The lowest BCUT2D eigenvalue weighted by Gasteiger charge is -2.39. The van der Waals surface area contributed by atoms with Crippen LogP contribution < -0.4 is 19.7 Å². The van der Waals surface area contributed by atoms with Crippen LogP contribution in [0.25, 0.3) is 0 Å². The molecule has 2 aliphatic rings. The van der Waals surface area contributed by atoms with Gasteiger partial charge in [-0.25, -0.2) is 0 Å². The molecule has 2 amide bonds. The number of carbonyl (C=O) groups excluding carboxylic acids is 2. The van der Waals surface area contributed by atoms with Crippen molar-refractivity contribution in [3.05, 3.63) is 18.2 Å². The SMILES string of the molecule is CC1NC(=O)C(C(C)C)N(c2ccc3c(c2)OCO3)C1=O. The average Bonchev–Trinajstić information content (AvgIpc) is 2.89. The van der Waals surface area contributed by atoms with E-state index in [0.717, 1.165) is 0 Å². The number of nitrogens with one attached hydrogen (secondary N) is 1. The van der Waals surface area contributed by atoms with Gasteiger partial charge in [0.1, 0.15) is 12.1 Å². The summed E-state index contributed by atoms with van der Waals surface area (Å²) in [4.78, 5) is 26.3. The highest BCUT2D eigenvalue weighted by atomic mass is 16.7. The van der Waals surface area contributed by atoms with Crippen LogP contribution >= 0.6 is 0 Å². The molecule has 2 unspecified atom stereocenters. The summed E-state index contributed by atoms with van der Waals surface area (Å²) >= 11 is 0. The number of piperazine rings is 1. The molecule has 1 aromatic carbocycles. The normalized spacial score (nSPS) is 24.5. The highest BCUT2D eigenvalue weighted by Crippen LogP contribution is 2.37. The first-order valence-electron chi connectivity index (χ1n) is 7.02. The van der Waals surface area contributed by atoms with Gasteiger partial charge in [-0.05, 0) is 25.0 Å². The Morgan fingerprint density at radius 2 is 1.95 bits per heavy atom. The number of anilines is 1. The molecular formula is C15H18N2O4. The fourth-order valence-electron chi connectivity index (χ4n) is 2.75. The van der Waals surface area contributed by atoms with Gasteiger partial charge in [0.2, 0.25) is 18.6 Å². The maximum absolute atomic E-state index is 12.5. The van der Waals surface area contributed by atoms with Crippen LogP contribution in [0, 0.1) is 5.92 Å². The van der Waals surface area contributed by atoms with Crippen molar-refractivity contribution >= 4 is 17.5 Å². The molecule has 1 fully saturated rings. The molecule has 1 saturated heterocycles. The Morgan fingerprint density at radius 1 is 1.24 bits per heavy atom. The molecule has 3 rings (SSSR count). The van der Waals surface area contributed by atoms with Gasteiger partial charge in [-0.15, -0.1) is 0 Å². The summed E-state index contributed by atoms with van der Waals surface area (Å²) in [6.07, 6.45) is 0. The molecule has 112 valence electrons. The lowest BCUT2D eigenvalue weighted by atomic mass is 9.96. The number of rotatable bonds is 2. The number of nitrogens with zero attached hydrogens (tertiary/aromatic N) is 1.